The summed E-state index contributed by atoms with van der Waals surface area (Å²) in [5, 5.41) is 10.4. The van der Waals surface area contributed by atoms with Crippen LogP contribution in [0.3, 0.4) is 0 Å². The van der Waals surface area contributed by atoms with Crippen LogP contribution in [-0.4, -0.2) is 0 Å². The number of nitrogens with zero attached hydrogens (tertiary/aromatic N) is 4. The number of para-hydroxylation sites is 3. The fourth-order valence-corrected chi connectivity index (χ4v) is 27.8. The zero-order valence-corrected chi connectivity index (χ0v) is 84.0. The predicted molar refractivity (Wildman–Crippen MR) is 630 cm³/mol. The first-order chi connectivity index (χ1) is 71.8. The van der Waals surface area contributed by atoms with E-state index in [0.29, 0.717) is 0 Å². The minimum Gasteiger partial charge on any atom is -0.311 e. The first kappa shape index (κ1) is 86.8. The maximum absolute atomic E-state index is 2.51. The van der Waals surface area contributed by atoms with E-state index in [9.17, 15) is 0 Å². The Morgan fingerprint density at radius 3 is 0.747 bits per heavy atom. The van der Waals surface area contributed by atoms with Gasteiger partial charge in [-0.25, -0.2) is 0 Å². The zero-order chi connectivity index (χ0) is 97.0. The molecule has 0 fully saturated rings. The Hall–Kier alpha value is -17.1. The highest BCUT2D eigenvalue weighted by atomic mass is 32.1. The second-order valence-electron chi connectivity index (χ2n) is 39.8. The summed E-state index contributed by atoms with van der Waals surface area (Å²) < 4.78 is 10.5. The largest absolute Gasteiger partial charge is 0.311 e. The molecule has 0 atom stereocenters. The Bertz CT molecular complexity index is 9640. The van der Waals surface area contributed by atoms with Crippen molar-refractivity contribution >= 4 is 194 Å². The van der Waals surface area contributed by atoms with Crippen LogP contribution >= 0.6 is 45.3 Å². The Kier molecular flexibility index (Phi) is 20.8. The molecule has 0 aliphatic heterocycles. The molecular weight excluding hydrogens is 1840 g/mol. The van der Waals surface area contributed by atoms with Crippen LogP contribution in [0.25, 0.3) is 181 Å². The molecule has 0 saturated carbocycles. The number of benzene rings is 22. The maximum atomic E-state index is 2.51. The van der Waals surface area contributed by atoms with Crippen LogP contribution in [-0.2, 0) is 10.8 Å². The minimum atomic E-state index is -0.340. The zero-order valence-electron chi connectivity index (χ0n) is 80.8. The van der Waals surface area contributed by atoms with Crippen LogP contribution in [0.2, 0.25) is 0 Å². The van der Waals surface area contributed by atoms with E-state index in [-0.39, 0.29) is 10.8 Å². The lowest BCUT2D eigenvalue weighted by molar-refractivity contribution is 0.660. The third-order valence-electron chi connectivity index (χ3n) is 30.7. The molecule has 0 radical (unpaired) electrons. The van der Waals surface area contributed by atoms with E-state index in [0.717, 1.165) is 96.1 Å². The molecule has 690 valence electrons. The standard InChI is InChI=1S/C138H94N4S4/c1-137(2)125-83-96(111-33-22-34-120-116-29-14-20-37-131(116)145-135(111)120)53-73-112(125)114-75-71-109(85-127(114)137)141(100-25-10-6-11-26-100)107-61-43-89(44-62-107)90-45-63-108(64-46-90)142(101-27-12-7-13-28-101)110-72-76-115-113-74-54-97(84-126(113)138(3,4)128(115)86-110)121-81-98(82-124-119-32-17-21-38-132(119)146-136(121)124)93-51-69-106(70-52-93)140(105-67-49-92(50-68-105)95-56-78-134-123(80-95)118-31-16-19-36-130(118)144-134)104-59-41-88(42-60-104)87-39-57-102(58-40-87)139(99-23-8-5-9-24-99)103-65-47-91(48-66-103)94-55-77-133-122(79-94)117-30-15-18-35-129(117)143-133/h5-86H,1-4H3. The molecule has 0 saturated heterocycles. The fraction of sp³-hybridized carbons (Fsp3) is 0.0435. The number of fused-ring (bicyclic) bond motifs is 18. The average molecular weight is 1940 g/mol. The number of thiophene rings is 4. The Morgan fingerprint density at radius 1 is 0.137 bits per heavy atom. The van der Waals surface area contributed by atoms with Gasteiger partial charge in [-0.05, 0) is 335 Å². The lowest BCUT2D eigenvalue weighted by Gasteiger charge is -2.28. The first-order valence-electron chi connectivity index (χ1n) is 50.2. The van der Waals surface area contributed by atoms with Crippen molar-refractivity contribution in [2.45, 2.75) is 38.5 Å². The van der Waals surface area contributed by atoms with Gasteiger partial charge in [0, 0.05) is 165 Å². The molecule has 28 rings (SSSR count). The van der Waals surface area contributed by atoms with Gasteiger partial charge < -0.3 is 19.6 Å². The minimum absolute atomic E-state index is 0.236. The molecule has 2 aliphatic rings. The molecule has 146 heavy (non-hydrogen) atoms. The van der Waals surface area contributed by atoms with E-state index in [4.69, 9.17) is 0 Å². The molecule has 4 nitrogen and oxygen atoms in total. The van der Waals surface area contributed by atoms with E-state index < -0.39 is 0 Å². The van der Waals surface area contributed by atoms with Crippen LogP contribution in [0.1, 0.15) is 49.9 Å². The fourth-order valence-electron chi connectivity index (χ4n) is 23.2. The molecule has 0 unspecified atom stereocenters. The number of hydrogen-bond donors (Lipinski definition) is 0. The van der Waals surface area contributed by atoms with Gasteiger partial charge >= 0.3 is 0 Å². The van der Waals surface area contributed by atoms with Gasteiger partial charge in [-0.1, -0.05) is 307 Å². The third-order valence-corrected chi connectivity index (χ3v) is 35.4. The molecule has 8 heteroatoms. The predicted octanol–water partition coefficient (Wildman–Crippen LogP) is 41.3. The van der Waals surface area contributed by atoms with Crippen LogP contribution in [0.15, 0.2) is 497 Å². The van der Waals surface area contributed by atoms with Crippen molar-refractivity contribution in [3.05, 3.63) is 520 Å². The highest BCUT2D eigenvalue weighted by Crippen LogP contribution is 2.57. The molecule has 0 N–H and O–H groups in total. The van der Waals surface area contributed by atoms with Crippen molar-refractivity contribution in [2.75, 3.05) is 19.6 Å². The normalized spacial score (nSPS) is 12.8. The maximum Gasteiger partial charge on any atom is 0.0465 e. The molecule has 0 amide bonds. The second-order valence-corrected chi connectivity index (χ2v) is 44.1. The average Bonchev–Trinajstić information content (AvgIpc) is 1.56. The third kappa shape index (κ3) is 14.8. The lowest BCUT2D eigenvalue weighted by Crippen LogP contribution is -2.16. The van der Waals surface area contributed by atoms with E-state index in [2.05, 4.69) is 545 Å². The van der Waals surface area contributed by atoms with Gasteiger partial charge in [0.05, 0.1) is 0 Å². The van der Waals surface area contributed by atoms with Crippen molar-refractivity contribution in [3.63, 3.8) is 0 Å². The van der Waals surface area contributed by atoms with Crippen molar-refractivity contribution in [1.82, 2.24) is 0 Å². The molecule has 26 aromatic rings. The quantitative estimate of drug-likeness (QED) is 0.0800. The summed E-state index contributed by atoms with van der Waals surface area (Å²) >= 11 is 7.51. The summed E-state index contributed by atoms with van der Waals surface area (Å²) in [7, 11) is 0. The molecular formula is C138H94N4S4. The summed E-state index contributed by atoms with van der Waals surface area (Å²) in [5.74, 6) is 0. The van der Waals surface area contributed by atoms with E-state index in [1.54, 1.807) is 0 Å². The summed E-state index contributed by atoms with van der Waals surface area (Å²) in [6, 6.07) is 186. The first-order valence-corrected chi connectivity index (χ1v) is 53.5. The van der Waals surface area contributed by atoms with Gasteiger partial charge in [0.15, 0.2) is 0 Å². The molecule has 4 aromatic heterocycles. The van der Waals surface area contributed by atoms with Crippen LogP contribution < -0.4 is 19.6 Å². The smallest absolute Gasteiger partial charge is 0.0465 e. The van der Waals surface area contributed by atoms with Gasteiger partial charge in [-0.2, -0.15) is 0 Å². The van der Waals surface area contributed by atoms with E-state index in [1.165, 1.54) is 175 Å². The van der Waals surface area contributed by atoms with Crippen LogP contribution in [0, 0.1) is 0 Å². The van der Waals surface area contributed by atoms with Gasteiger partial charge in [-0.3, -0.25) is 0 Å². The Morgan fingerprint density at radius 2 is 0.377 bits per heavy atom. The van der Waals surface area contributed by atoms with E-state index >= 15 is 0 Å². The summed E-state index contributed by atoms with van der Waals surface area (Å²) in [4.78, 5) is 9.59. The van der Waals surface area contributed by atoms with Crippen LogP contribution in [0.5, 0.6) is 0 Å². The van der Waals surface area contributed by atoms with E-state index in [1.807, 2.05) is 45.3 Å². The van der Waals surface area contributed by atoms with Gasteiger partial charge in [0.1, 0.15) is 0 Å². The Labute approximate surface area is 865 Å². The van der Waals surface area contributed by atoms with Gasteiger partial charge in [0.2, 0.25) is 0 Å². The topological polar surface area (TPSA) is 13.0 Å². The Balaban J connectivity index is 0.465. The molecule has 2 aliphatic carbocycles. The van der Waals surface area contributed by atoms with Crippen LogP contribution in [0.4, 0.5) is 68.2 Å². The second kappa shape index (κ2) is 34.9. The summed E-state index contributed by atoms with van der Waals surface area (Å²) in [6.07, 6.45) is 0. The van der Waals surface area contributed by atoms with Gasteiger partial charge in [-0.15, -0.1) is 45.3 Å². The highest BCUT2D eigenvalue weighted by Gasteiger charge is 2.39. The van der Waals surface area contributed by atoms with Crippen molar-refractivity contribution in [2.24, 2.45) is 0 Å². The number of rotatable bonds is 19. The molecule has 0 spiro atoms. The molecule has 22 aromatic carbocycles. The van der Waals surface area contributed by atoms with Crippen molar-refractivity contribution < 1.29 is 0 Å². The lowest BCUT2D eigenvalue weighted by atomic mass is 9.81. The van der Waals surface area contributed by atoms with Crippen molar-refractivity contribution in [3.8, 4) is 100 Å². The molecule has 0 bridgehead atoms. The monoisotopic (exact) mass is 1930 g/mol. The SMILES string of the molecule is CC1(C)c2cc(-c3cccc4c3sc3ccccc34)ccc2-c2ccc(N(c3ccccc3)c3ccc(-c4ccc(N(c5ccccc5)c5ccc6c(c5)C(C)(C)c5cc(-c7cc(-c8ccc(N(c9ccc(-c%10ccc(N(c%11ccccc%11)c%11ccc(-c%12ccc%13sc%14ccccc%14c%13c%12)cc%11)cc%10)cc9)c9ccc(-c%10ccc%11sc%12ccccc%12c%11c%10)cc9)cc8)cc8c7sc7ccccc78)ccc5-6)cc4)cc3)cc21. The van der Waals surface area contributed by atoms with Crippen molar-refractivity contribution in [1.29, 1.82) is 0 Å². The number of hydrogen-bond acceptors (Lipinski definition) is 8. The molecule has 4 heterocycles. The summed E-state index contributed by atoms with van der Waals surface area (Å²) in [5.41, 5.74) is 39.7. The number of anilines is 12. The summed E-state index contributed by atoms with van der Waals surface area (Å²) in [6.45, 7) is 9.65. The van der Waals surface area contributed by atoms with Gasteiger partial charge in [0.25, 0.3) is 0 Å². The highest BCUT2D eigenvalue weighted by molar-refractivity contribution is 7.27.